The number of benzene rings is 1. The second-order valence-electron chi connectivity index (χ2n) is 6.90. The number of hydrogen-bond acceptors (Lipinski definition) is 4. The van der Waals surface area contributed by atoms with Crippen molar-refractivity contribution in [2.45, 2.75) is 45.7 Å². The number of methoxy groups -OCH3 is 1. The van der Waals surface area contributed by atoms with E-state index in [1.54, 1.807) is 7.11 Å². The first kappa shape index (κ1) is 17.8. The van der Waals surface area contributed by atoms with Gasteiger partial charge in [-0.1, -0.05) is 25.5 Å². The van der Waals surface area contributed by atoms with Crippen LogP contribution in [-0.2, 0) is 13.0 Å². The molecule has 1 fully saturated rings. The minimum atomic E-state index is 0.487. The van der Waals surface area contributed by atoms with Gasteiger partial charge in [0.15, 0.2) is 0 Å². The molecule has 1 aromatic carbocycles. The van der Waals surface area contributed by atoms with Crippen molar-refractivity contribution in [2.24, 2.45) is 0 Å². The van der Waals surface area contributed by atoms with Crippen molar-refractivity contribution in [3.63, 3.8) is 0 Å². The second-order valence-corrected chi connectivity index (χ2v) is 6.90. The van der Waals surface area contributed by atoms with E-state index < -0.39 is 0 Å². The molecule has 136 valence electrons. The quantitative estimate of drug-likeness (QED) is 0.837. The maximum Gasteiger partial charge on any atom is 0.142 e. The van der Waals surface area contributed by atoms with Crippen LogP contribution in [0.15, 0.2) is 30.5 Å². The number of aromatic nitrogens is 2. The van der Waals surface area contributed by atoms with Crippen LogP contribution in [0.4, 0.5) is 5.69 Å². The minimum Gasteiger partial charge on any atom is -0.495 e. The summed E-state index contributed by atoms with van der Waals surface area (Å²) in [5.41, 5.74) is 2.42. The summed E-state index contributed by atoms with van der Waals surface area (Å²) in [6, 6.07) is 8.78. The highest BCUT2D eigenvalue weighted by atomic mass is 16.5. The van der Waals surface area contributed by atoms with Gasteiger partial charge in [-0.25, -0.2) is 4.98 Å². The summed E-state index contributed by atoms with van der Waals surface area (Å²) < 4.78 is 5.52. The van der Waals surface area contributed by atoms with Crippen LogP contribution < -0.4 is 9.64 Å². The molecule has 2 aromatic rings. The number of H-pyrrole nitrogens is 1. The average Bonchev–Trinajstić information content (AvgIpc) is 3.09. The number of unbranched alkanes of at least 4 members (excludes halogenated alkanes) is 1. The molecule has 1 aliphatic rings. The normalized spacial score (nSPS) is 18.5. The number of aromatic amines is 1. The number of rotatable bonds is 7. The van der Waals surface area contributed by atoms with E-state index in [-0.39, 0.29) is 0 Å². The van der Waals surface area contributed by atoms with Crippen molar-refractivity contribution in [3.05, 3.63) is 42.0 Å². The molecule has 5 nitrogen and oxygen atoms in total. The van der Waals surface area contributed by atoms with Gasteiger partial charge in [0, 0.05) is 50.5 Å². The van der Waals surface area contributed by atoms with Gasteiger partial charge >= 0.3 is 0 Å². The smallest absolute Gasteiger partial charge is 0.142 e. The number of piperazine rings is 1. The molecule has 0 aliphatic carbocycles. The number of nitrogens with one attached hydrogen (secondary N) is 1. The zero-order valence-electron chi connectivity index (χ0n) is 15.7. The predicted octanol–water partition coefficient (Wildman–Crippen LogP) is 3.47. The van der Waals surface area contributed by atoms with Crippen LogP contribution in [0.1, 0.15) is 38.2 Å². The zero-order chi connectivity index (χ0) is 17.6. The van der Waals surface area contributed by atoms with E-state index >= 15 is 0 Å². The second kappa shape index (κ2) is 8.39. The number of anilines is 1. The molecule has 3 rings (SSSR count). The minimum absolute atomic E-state index is 0.487. The van der Waals surface area contributed by atoms with Gasteiger partial charge in [0.05, 0.1) is 12.8 Å². The van der Waals surface area contributed by atoms with Crippen molar-refractivity contribution in [1.29, 1.82) is 0 Å². The molecule has 0 radical (unpaired) electrons. The molecule has 1 saturated heterocycles. The molecular formula is C20H30N4O. The first-order valence-corrected chi connectivity index (χ1v) is 9.36. The summed E-state index contributed by atoms with van der Waals surface area (Å²) in [7, 11) is 1.74. The van der Waals surface area contributed by atoms with Crippen molar-refractivity contribution < 1.29 is 4.74 Å². The molecule has 0 spiro atoms. The third-order valence-electron chi connectivity index (χ3n) is 5.01. The first-order chi connectivity index (χ1) is 12.2. The Morgan fingerprint density at radius 1 is 1.28 bits per heavy atom. The topological polar surface area (TPSA) is 44.4 Å². The molecule has 5 heteroatoms. The lowest BCUT2D eigenvalue weighted by molar-refractivity contribution is 0.178. The summed E-state index contributed by atoms with van der Waals surface area (Å²) in [5.74, 6) is 2.08. The van der Waals surface area contributed by atoms with E-state index in [1.165, 1.54) is 24.2 Å². The highest BCUT2D eigenvalue weighted by Crippen LogP contribution is 2.29. The third-order valence-corrected chi connectivity index (χ3v) is 5.01. The van der Waals surface area contributed by atoms with Crippen LogP contribution in [0.3, 0.4) is 0 Å². The largest absolute Gasteiger partial charge is 0.495 e. The fraction of sp³-hybridized carbons (Fsp3) is 0.550. The van der Waals surface area contributed by atoms with Crippen molar-refractivity contribution in [2.75, 3.05) is 31.6 Å². The van der Waals surface area contributed by atoms with Gasteiger partial charge in [0.2, 0.25) is 0 Å². The van der Waals surface area contributed by atoms with Crippen molar-refractivity contribution >= 4 is 5.69 Å². The molecule has 0 unspecified atom stereocenters. The maximum atomic E-state index is 5.52. The summed E-state index contributed by atoms with van der Waals surface area (Å²) in [4.78, 5) is 13.0. The standard InChI is InChI=1S/C20H30N4O/c1-4-5-10-20-21-13-17(22-20)15-23-11-12-24(14-16(23)2)18-8-6-7-9-19(18)25-3/h6-9,13,16H,4-5,10-12,14-15H2,1-3H3,(H,21,22)/t16-/m0/s1. The summed E-state index contributed by atoms with van der Waals surface area (Å²) in [6.45, 7) is 8.53. The summed E-state index contributed by atoms with van der Waals surface area (Å²) >= 11 is 0. The van der Waals surface area contributed by atoms with E-state index in [2.05, 4.69) is 45.7 Å². The molecule has 1 N–H and O–H groups in total. The Balaban J connectivity index is 1.59. The molecule has 0 saturated carbocycles. The number of para-hydroxylation sites is 2. The Labute approximate surface area is 151 Å². The molecule has 25 heavy (non-hydrogen) atoms. The first-order valence-electron chi connectivity index (χ1n) is 9.36. The zero-order valence-corrected chi connectivity index (χ0v) is 15.7. The highest BCUT2D eigenvalue weighted by molar-refractivity contribution is 5.58. The van der Waals surface area contributed by atoms with Crippen LogP contribution in [-0.4, -0.2) is 47.7 Å². The van der Waals surface area contributed by atoms with Crippen molar-refractivity contribution in [1.82, 2.24) is 14.9 Å². The monoisotopic (exact) mass is 342 g/mol. The van der Waals surface area contributed by atoms with E-state index in [0.717, 1.165) is 44.2 Å². The summed E-state index contributed by atoms with van der Waals surface area (Å²) in [6.07, 6.45) is 5.46. The number of ether oxygens (including phenoxy) is 1. The van der Waals surface area contributed by atoms with Gasteiger partial charge in [-0.15, -0.1) is 0 Å². The molecule has 1 atom stereocenters. The number of imidazole rings is 1. The Morgan fingerprint density at radius 2 is 2.12 bits per heavy atom. The van der Waals surface area contributed by atoms with Gasteiger partial charge in [-0.05, 0) is 25.5 Å². The molecular weight excluding hydrogens is 312 g/mol. The number of nitrogens with zero attached hydrogens (tertiary/aromatic N) is 3. The fourth-order valence-corrected chi connectivity index (χ4v) is 3.52. The maximum absolute atomic E-state index is 5.52. The van der Waals surface area contributed by atoms with Gasteiger partial charge < -0.3 is 14.6 Å². The lowest BCUT2D eigenvalue weighted by atomic mass is 10.1. The van der Waals surface area contributed by atoms with Crippen LogP contribution in [0.2, 0.25) is 0 Å². The van der Waals surface area contributed by atoms with Crippen LogP contribution in [0, 0.1) is 0 Å². The SMILES string of the molecule is CCCCc1ncc(CN2CCN(c3ccccc3OC)C[C@@H]2C)[nH]1. The highest BCUT2D eigenvalue weighted by Gasteiger charge is 2.25. The van der Waals surface area contributed by atoms with Gasteiger partial charge in [0.25, 0.3) is 0 Å². The molecule has 2 heterocycles. The van der Waals surface area contributed by atoms with Crippen molar-refractivity contribution in [3.8, 4) is 5.75 Å². The predicted molar refractivity (Wildman–Crippen MR) is 102 cm³/mol. The fourth-order valence-electron chi connectivity index (χ4n) is 3.52. The van der Waals surface area contributed by atoms with E-state index in [0.29, 0.717) is 6.04 Å². The number of hydrogen-bond donors (Lipinski definition) is 1. The van der Waals surface area contributed by atoms with Crippen LogP contribution in [0.5, 0.6) is 5.75 Å². The Morgan fingerprint density at radius 3 is 2.88 bits per heavy atom. The van der Waals surface area contributed by atoms with E-state index in [4.69, 9.17) is 4.74 Å². The lowest BCUT2D eigenvalue weighted by Gasteiger charge is -2.41. The third kappa shape index (κ3) is 4.34. The van der Waals surface area contributed by atoms with E-state index in [1.807, 2.05) is 18.3 Å². The lowest BCUT2D eigenvalue weighted by Crippen LogP contribution is -2.51. The Hall–Kier alpha value is -2.01. The van der Waals surface area contributed by atoms with Crippen LogP contribution >= 0.6 is 0 Å². The van der Waals surface area contributed by atoms with E-state index in [9.17, 15) is 0 Å². The molecule has 1 aromatic heterocycles. The number of aryl methyl sites for hydroxylation is 1. The summed E-state index contributed by atoms with van der Waals surface area (Å²) in [5, 5.41) is 0. The van der Waals surface area contributed by atoms with Crippen LogP contribution in [0.25, 0.3) is 0 Å². The molecule has 0 amide bonds. The molecule has 0 bridgehead atoms. The van der Waals surface area contributed by atoms with Gasteiger partial charge in [-0.2, -0.15) is 0 Å². The Bertz CT molecular complexity index is 669. The molecule has 1 aliphatic heterocycles. The van der Waals surface area contributed by atoms with Gasteiger partial charge in [-0.3, -0.25) is 4.90 Å². The Kier molecular flexibility index (Phi) is 5.97. The average molecular weight is 342 g/mol. The van der Waals surface area contributed by atoms with Gasteiger partial charge in [0.1, 0.15) is 11.6 Å².